The second-order valence-electron chi connectivity index (χ2n) is 4.24. The van der Waals surface area contributed by atoms with Gasteiger partial charge in [0.15, 0.2) is 5.82 Å². The SMILES string of the molecule is Nc1ccc(F)c(C(=O)N2CCOCC2CO)c1F. The van der Waals surface area contributed by atoms with Crippen molar-refractivity contribution in [2.24, 2.45) is 0 Å². The Morgan fingerprint density at radius 3 is 2.95 bits per heavy atom. The smallest absolute Gasteiger partial charge is 0.260 e. The van der Waals surface area contributed by atoms with E-state index in [9.17, 15) is 13.6 Å². The predicted octanol–water partition coefficient (Wildman–Crippen LogP) is 0.380. The van der Waals surface area contributed by atoms with Crippen LogP contribution < -0.4 is 5.73 Å². The van der Waals surface area contributed by atoms with Gasteiger partial charge in [0.25, 0.3) is 5.91 Å². The Labute approximate surface area is 108 Å². The number of anilines is 1. The van der Waals surface area contributed by atoms with E-state index in [4.69, 9.17) is 15.6 Å². The fraction of sp³-hybridized carbons (Fsp3) is 0.417. The number of nitrogen functional groups attached to an aromatic ring is 1. The average Bonchev–Trinajstić information content (AvgIpc) is 2.43. The summed E-state index contributed by atoms with van der Waals surface area (Å²) in [4.78, 5) is 13.4. The molecule has 1 unspecified atom stereocenters. The van der Waals surface area contributed by atoms with Crippen LogP contribution in [0.4, 0.5) is 14.5 Å². The highest BCUT2D eigenvalue weighted by Gasteiger charge is 2.31. The number of morpholine rings is 1. The normalized spacial score (nSPS) is 19.5. The molecule has 19 heavy (non-hydrogen) atoms. The number of halogens is 2. The molecule has 1 aliphatic rings. The molecule has 1 atom stereocenters. The Bertz CT molecular complexity index is 496. The number of aliphatic hydroxyl groups is 1. The summed E-state index contributed by atoms with van der Waals surface area (Å²) in [5, 5.41) is 9.16. The Morgan fingerprint density at radius 2 is 2.26 bits per heavy atom. The molecule has 1 aromatic carbocycles. The maximum absolute atomic E-state index is 13.8. The molecule has 1 amide bonds. The maximum atomic E-state index is 13.8. The minimum Gasteiger partial charge on any atom is -0.396 e. The summed E-state index contributed by atoms with van der Waals surface area (Å²) in [6, 6.07) is 1.39. The number of hydrogen-bond donors (Lipinski definition) is 2. The second kappa shape index (κ2) is 5.50. The van der Waals surface area contributed by atoms with Crippen molar-refractivity contribution in [3.05, 3.63) is 29.3 Å². The van der Waals surface area contributed by atoms with Crippen LogP contribution in [0.3, 0.4) is 0 Å². The summed E-state index contributed by atoms with van der Waals surface area (Å²) in [5.74, 6) is -2.88. The van der Waals surface area contributed by atoms with Gasteiger partial charge >= 0.3 is 0 Å². The highest BCUT2D eigenvalue weighted by Crippen LogP contribution is 2.22. The standard InChI is InChI=1S/C12H14F2N2O3/c13-8-1-2-9(15)11(14)10(8)12(18)16-3-4-19-6-7(16)5-17/h1-2,7,17H,3-6,15H2. The molecule has 7 heteroatoms. The van der Waals surface area contributed by atoms with Crippen LogP contribution in [0, 0.1) is 11.6 Å². The number of carbonyl (C=O) groups is 1. The quantitative estimate of drug-likeness (QED) is 0.763. The van der Waals surface area contributed by atoms with Crippen LogP contribution in [0.15, 0.2) is 12.1 Å². The van der Waals surface area contributed by atoms with Crippen LogP contribution in [0.1, 0.15) is 10.4 Å². The van der Waals surface area contributed by atoms with Crippen molar-refractivity contribution in [3.63, 3.8) is 0 Å². The van der Waals surface area contributed by atoms with E-state index in [1.54, 1.807) is 0 Å². The largest absolute Gasteiger partial charge is 0.396 e. The van der Waals surface area contributed by atoms with Crippen LogP contribution in [0.2, 0.25) is 0 Å². The molecular formula is C12H14F2N2O3. The van der Waals surface area contributed by atoms with E-state index in [1.165, 1.54) is 4.90 Å². The number of amides is 1. The van der Waals surface area contributed by atoms with Crippen LogP contribution in [0.25, 0.3) is 0 Å². The first-order valence-electron chi connectivity index (χ1n) is 5.79. The van der Waals surface area contributed by atoms with Gasteiger partial charge in [-0.15, -0.1) is 0 Å². The molecule has 1 fully saturated rings. The Hall–Kier alpha value is -1.73. The Balaban J connectivity index is 2.36. The van der Waals surface area contributed by atoms with E-state index in [1.807, 2.05) is 0 Å². The van der Waals surface area contributed by atoms with E-state index in [2.05, 4.69) is 0 Å². The average molecular weight is 272 g/mol. The molecule has 1 aromatic rings. The zero-order valence-corrected chi connectivity index (χ0v) is 10.1. The van der Waals surface area contributed by atoms with Gasteiger partial charge in [-0.1, -0.05) is 0 Å². The highest BCUT2D eigenvalue weighted by atomic mass is 19.1. The van der Waals surface area contributed by atoms with Crippen molar-refractivity contribution in [1.29, 1.82) is 0 Å². The lowest BCUT2D eigenvalue weighted by molar-refractivity contribution is -0.0188. The molecule has 0 spiro atoms. The summed E-state index contributed by atoms with van der Waals surface area (Å²) in [6.45, 7) is 0.219. The number of nitrogens with zero attached hydrogens (tertiary/aromatic N) is 1. The first-order chi connectivity index (χ1) is 9.06. The predicted molar refractivity (Wildman–Crippen MR) is 63.5 cm³/mol. The summed E-state index contributed by atoms with van der Waals surface area (Å²) < 4.78 is 32.5. The molecule has 0 radical (unpaired) electrons. The minimum atomic E-state index is -1.08. The zero-order chi connectivity index (χ0) is 14.0. The van der Waals surface area contributed by atoms with Gasteiger partial charge in [-0.3, -0.25) is 4.79 Å². The third-order valence-corrected chi connectivity index (χ3v) is 3.03. The van der Waals surface area contributed by atoms with Gasteiger partial charge in [0, 0.05) is 6.54 Å². The van der Waals surface area contributed by atoms with Crippen molar-refractivity contribution >= 4 is 11.6 Å². The lowest BCUT2D eigenvalue weighted by atomic mass is 10.1. The molecule has 0 bridgehead atoms. The van der Waals surface area contributed by atoms with Gasteiger partial charge in [-0.25, -0.2) is 8.78 Å². The van der Waals surface area contributed by atoms with Crippen molar-refractivity contribution < 1.29 is 23.4 Å². The van der Waals surface area contributed by atoms with E-state index >= 15 is 0 Å². The van der Waals surface area contributed by atoms with E-state index in [0.717, 1.165) is 12.1 Å². The molecule has 104 valence electrons. The van der Waals surface area contributed by atoms with Gasteiger partial charge in [-0.2, -0.15) is 0 Å². The van der Waals surface area contributed by atoms with E-state index in [0.29, 0.717) is 0 Å². The number of rotatable bonds is 2. The van der Waals surface area contributed by atoms with Crippen molar-refractivity contribution in [2.75, 3.05) is 32.1 Å². The zero-order valence-electron chi connectivity index (χ0n) is 10.1. The lowest BCUT2D eigenvalue weighted by Crippen LogP contribution is -2.50. The van der Waals surface area contributed by atoms with Gasteiger partial charge in [0.05, 0.1) is 31.5 Å². The van der Waals surface area contributed by atoms with Gasteiger partial charge < -0.3 is 20.5 Å². The molecule has 0 aromatic heterocycles. The fourth-order valence-electron chi connectivity index (χ4n) is 1.98. The number of benzene rings is 1. The van der Waals surface area contributed by atoms with Gasteiger partial charge in [-0.05, 0) is 12.1 Å². The third-order valence-electron chi connectivity index (χ3n) is 3.03. The first kappa shape index (κ1) is 13.7. The van der Waals surface area contributed by atoms with Crippen LogP contribution in [0.5, 0.6) is 0 Å². The molecule has 1 heterocycles. The van der Waals surface area contributed by atoms with Crippen molar-refractivity contribution in [3.8, 4) is 0 Å². The summed E-state index contributed by atoms with van der Waals surface area (Å²) in [7, 11) is 0. The molecule has 0 aliphatic carbocycles. The van der Waals surface area contributed by atoms with Crippen LogP contribution >= 0.6 is 0 Å². The van der Waals surface area contributed by atoms with Crippen molar-refractivity contribution in [2.45, 2.75) is 6.04 Å². The monoisotopic (exact) mass is 272 g/mol. The second-order valence-corrected chi connectivity index (χ2v) is 4.24. The fourth-order valence-corrected chi connectivity index (χ4v) is 1.98. The number of ether oxygens (including phenoxy) is 1. The first-order valence-corrected chi connectivity index (χ1v) is 5.79. The van der Waals surface area contributed by atoms with Gasteiger partial charge in [0.1, 0.15) is 11.4 Å². The molecule has 2 rings (SSSR count). The lowest BCUT2D eigenvalue weighted by Gasteiger charge is -2.34. The maximum Gasteiger partial charge on any atom is 0.260 e. The summed E-state index contributed by atoms with van der Waals surface area (Å²) in [5.41, 5.74) is 4.35. The number of hydrogen-bond acceptors (Lipinski definition) is 4. The molecule has 1 saturated heterocycles. The van der Waals surface area contributed by atoms with Crippen LogP contribution in [-0.4, -0.2) is 48.3 Å². The van der Waals surface area contributed by atoms with E-state index < -0.39 is 29.1 Å². The van der Waals surface area contributed by atoms with E-state index in [-0.39, 0.29) is 32.1 Å². The summed E-state index contributed by atoms with van der Waals surface area (Å²) in [6.07, 6.45) is 0. The number of aliphatic hydroxyl groups excluding tert-OH is 1. The number of carbonyl (C=O) groups excluding carboxylic acids is 1. The highest BCUT2D eigenvalue weighted by molar-refractivity contribution is 5.96. The van der Waals surface area contributed by atoms with Crippen LogP contribution in [-0.2, 0) is 4.74 Å². The Morgan fingerprint density at radius 1 is 1.53 bits per heavy atom. The molecular weight excluding hydrogens is 258 g/mol. The summed E-state index contributed by atoms with van der Waals surface area (Å²) >= 11 is 0. The third kappa shape index (κ3) is 2.52. The number of nitrogens with two attached hydrogens (primary N) is 1. The van der Waals surface area contributed by atoms with Gasteiger partial charge in [0.2, 0.25) is 0 Å². The molecule has 3 N–H and O–H groups in total. The molecule has 1 aliphatic heterocycles. The van der Waals surface area contributed by atoms with Crippen molar-refractivity contribution in [1.82, 2.24) is 4.90 Å². The molecule has 0 saturated carbocycles. The minimum absolute atomic E-state index is 0.133. The Kier molecular flexibility index (Phi) is 3.96. The molecule has 5 nitrogen and oxygen atoms in total. The topological polar surface area (TPSA) is 75.8 Å².